The predicted molar refractivity (Wildman–Crippen MR) is 53.7 cm³/mol. The van der Waals surface area contributed by atoms with Crippen LogP contribution in [0.25, 0.3) is 0 Å². The quantitative estimate of drug-likeness (QED) is 0.571. The number of aldehydes is 1. The van der Waals surface area contributed by atoms with Gasteiger partial charge < -0.3 is 5.32 Å². The van der Waals surface area contributed by atoms with Crippen molar-refractivity contribution in [3.8, 4) is 0 Å². The lowest BCUT2D eigenvalue weighted by Gasteiger charge is -2.02. The number of carbonyl (C=O) groups excluding carboxylic acids is 2. The highest BCUT2D eigenvalue weighted by molar-refractivity contribution is 6.23. The van der Waals surface area contributed by atoms with Crippen LogP contribution < -0.4 is 5.32 Å². The first-order chi connectivity index (χ1) is 6.76. The largest absolute Gasteiger partial charge is 0.346 e. The molecule has 0 unspecified atom stereocenters. The van der Waals surface area contributed by atoms with Crippen LogP contribution in [0, 0.1) is 0 Å². The SMILES string of the molecule is CCc1ccc(CNC(=O)C=O)cc1. The number of amides is 1. The van der Waals surface area contributed by atoms with E-state index in [0.717, 1.165) is 12.0 Å². The van der Waals surface area contributed by atoms with Gasteiger partial charge >= 0.3 is 0 Å². The van der Waals surface area contributed by atoms with Crippen molar-refractivity contribution in [1.82, 2.24) is 5.32 Å². The molecule has 74 valence electrons. The minimum Gasteiger partial charge on any atom is -0.346 e. The number of rotatable bonds is 4. The molecular formula is C11H13NO2. The third kappa shape index (κ3) is 3.01. The molecule has 0 saturated carbocycles. The highest BCUT2D eigenvalue weighted by atomic mass is 16.2. The van der Waals surface area contributed by atoms with Crippen molar-refractivity contribution in [1.29, 1.82) is 0 Å². The second kappa shape index (κ2) is 5.17. The van der Waals surface area contributed by atoms with E-state index in [0.29, 0.717) is 6.54 Å². The molecule has 0 atom stereocenters. The summed E-state index contributed by atoms with van der Waals surface area (Å²) in [7, 11) is 0. The van der Waals surface area contributed by atoms with Crippen molar-refractivity contribution < 1.29 is 9.59 Å². The first-order valence-electron chi connectivity index (χ1n) is 4.57. The van der Waals surface area contributed by atoms with E-state index in [9.17, 15) is 9.59 Å². The molecule has 0 aliphatic heterocycles. The van der Waals surface area contributed by atoms with Gasteiger partial charge in [0.05, 0.1) is 0 Å². The van der Waals surface area contributed by atoms with E-state index < -0.39 is 5.91 Å². The Bertz CT molecular complexity index is 317. The topological polar surface area (TPSA) is 46.2 Å². The van der Waals surface area contributed by atoms with E-state index in [1.165, 1.54) is 5.56 Å². The van der Waals surface area contributed by atoms with Crippen LogP contribution in [0.3, 0.4) is 0 Å². The monoisotopic (exact) mass is 191 g/mol. The number of benzene rings is 1. The van der Waals surface area contributed by atoms with Crippen LogP contribution >= 0.6 is 0 Å². The van der Waals surface area contributed by atoms with Gasteiger partial charge in [-0.3, -0.25) is 9.59 Å². The Morgan fingerprint density at radius 2 is 1.86 bits per heavy atom. The lowest BCUT2D eigenvalue weighted by molar-refractivity contribution is -0.131. The zero-order chi connectivity index (χ0) is 10.4. The maximum atomic E-state index is 10.6. The van der Waals surface area contributed by atoms with Crippen molar-refractivity contribution in [3.63, 3.8) is 0 Å². The van der Waals surface area contributed by atoms with Gasteiger partial charge in [0.1, 0.15) is 0 Å². The van der Waals surface area contributed by atoms with Crippen molar-refractivity contribution in [2.45, 2.75) is 19.9 Å². The first kappa shape index (κ1) is 10.4. The lowest BCUT2D eigenvalue weighted by atomic mass is 10.1. The Morgan fingerprint density at radius 3 is 2.36 bits per heavy atom. The molecule has 1 N–H and O–H groups in total. The Kier molecular flexibility index (Phi) is 3.85. The van der Waals surface area contributed by atoms with Gasteiger partial charge in [0.15, 0.2) is 0 Å². The summed E-state index contributed by atoms with van der Waals surface area (Å²) in [6.07, 6.45) is 1.28. The van der Waals surface area contributed by atoms with Crippen molar-refractivity contribution in [2.75, 3.05) is 0 Å². The standard InChI is InChI=1S/C11H13NO2/c1-2-9-3-5-10(6-4-9)7-12-11(14)8-13/h3-6,8H,2,7H2,1H3,(H,12,14). The fourth-order valence-corrected chi connectivity index (χ4v) is 1.12. The average molecular weight is 191 g/mol. The van der Waals surface area contributed by atoms with E-state index in [-0.39, 0.29) is 6.29 Å². The molecule has 0 fully saturated rings. The molecule has 3 heteroatoms. The maximum Gasteiger partial charge on any atom is 0.284 e. The molecule has 3 nitrogen and oxygen atoms in total. The summed E-state index contributed by atoms with van der Waals surface area (Å²) in [4.78, 5) is 20.6. The Hall–Kier alpha value is -1.64. The average Bonchev–Trinajstić information content (AvgIpc) is 2.26. The van der Waals surface area contributed by atoms with Crippen LogP contribution in [-0.2, 0) is 22.6 Å². The van der Waals surface area contributed by atoms with E-state index in [1.54, 1.807) is 0 Å². The van der Waals surface area contributed by atoms with Gasteiger partial charge in [-0.25, -0.2) is 0 Å². The van der Waals surface area contributed by atoms with Crippen LogP contribution in [0.4, 0.5) is 0 Å². The first-order valence-corrected chi connectivity index (χ1v) is 4.57. The molecule has 0 aliphatic carbocycles. The molecule has 0 aromatic heterocycles. The molecule has 1 aromatic rings. The molecular weight excluding hydrogens is 178 g/mol. The second-order valence-electron chi connectivity index (χ2n) is 3.01. The van der Waals surface area contributed by atoms with Gasteiger partial charge in [0.25, 0.3) is 5.91 Å². The third-order valence-electron chi connectivity index (χ3n) is 2.01. The number of aryl methyl sites for hydroxylation is 1. The molecule has 1 aromatic carbocycles. The van der Waals surface area contributed by atoms with E-state index in [2.05, 4.69) is 12.2 Å². The van der Waals surface area contributed by atoms with E-state index in [1.807, 2.05) is 24.3 Å². The summed E-state index contributed by atoms with van der Waals surface area (Å²) in [6, 6.07) is 7.93. The van der Waals surface area contributed by atoms with Crippen LogP contribution in [0.2, 0.25) is 0 Å². The zero-order valence-corrected chi connectivity index (χ0v) is 8.12. The summed E-state index contributed by atoms with van der Waals surface area (Å²) < 4.78 is 0. The van der Waals surface area contributed by atoms with E-state index >= 15 is 0 Å². The van der Waals surface area contributed by atoms with Gasteiger partial charge in [0.2, 0.25) is 6.29 Å². The molecule has 14 heavy (non-hydrogen) atoms. The van der Waals surface area contributed by atoms with Crippen LogP contribution in [0.5, 0.6) is 0 Å². The lowest BCUT2D eigenvalue weighted by Crippen LogP contribution is -2.23. The summed E-state index contributed by atoms with van der Waals surface area (Å²) >= 11 is 0. The third-order valence-corrected chi connectivity index (χ3v) is 2.01. The van der Waals surface area contributed by atoms with Gasteiger partial charge in [0, 0.05) is 6.54 Å². The van der Waals surface area contributed by atoms with Crippen molar-refractivity contribution in [2.24, 2.45) is 0 Å². The Balaban J connectivity index is 2.51. The van der Waals surface area contributed by atoms with Gasteiger partial charge in [-0.15, -0.1) is 0 Å². The minimum absolute atomic E-state index is 0.278. The van der Waals surface area contributed by atoms with Gasteiger partial charge in [-0.2, -0.15) is 0 Å². The van der Waals surface area contributed by atoms with Gasteiger partial charge in [-0.05, 0) is 17.5 Å². The zero-order valence-electron chi connectivity index (χ0n) is 8.12. The highest BCUT2D eigenvalue weighted by Crippen LogP contribution is 2.04. The highest BCUT2D eigenvalue weighted by Gasteiger charge is 1.97. The molecule has 0 bridgehead atoms. The number of hydrogen-bond acceptors (Lipinski definition) is 2. The normalized spacial score (nSPS) is 9.50. The molecule has 1 amide bonds. The maximum absolute atomic E-state index is 10.6. The Labute approximate surface area is 83.1 Å². The summed E-state index contributed by atoms with van der Waals surface area (Å²) in [5, 5.41) is 2.48. The summed E-state index contributed by atoms with van der Waals surface area (Å²) in [6.45, 7) is 2.49. The number of hydrogen-bond donors (Lipinski definition) is 1. The van der Waals surface area contributed by atoms with Crippen molar-refractivity contribution in [3.05, 3.63) is 35.4 Å². The van der Waals surface area contributed by atoms with E-state index in [4.69, 9.17) is 0 Å². The Morgan fingerprint density at radius 1 is 1.29 bits per heavy atom. The predicted octanol–water partition coefficient (Wildman–Crippen LogP) is 1.06. The smallest absolute Gasteiger partial charge is 0.284 e. The molecule has 0 heterocycles. The van der Waals surface area contributed by atoms with Crippen LogP contribution in [-0.4, -0.2) is 12.2 Å². The molecule has 0 spiro atoms. The van der Waals surface area contributed by atoms with Gasteiger partial charge in [-0.1, -0.05) is 31.2 Å². The molecule has 1 rings (SSSR count). The molecule has 0 aliphatic rings. The number of nitrogens with one attached hydrogen (secondary N) is 1. The minimum atomic E-state index is -0.579. The fraction of sp³-hybridized carbons (Fsp3) is 0.273. The number of carbonyl (C=O) groups is 2. The summed E-state index contributed by atoms with van der Waals surface area (Å²) in [5.74, 6) is -0.579. The second-order valence-corrected chi connectivity index (χ2v) is 3.01. The van der Waals surface area contributed by atoms with Crippen LogP contribution in [0.15, 0.2) is 24.3 Å². The summed E-state index contributed by atoms with van der Waals surface area (Å²) in [5.41, 5.74) is 2.26. The van der Waals surface area contributed by atoms with Crippen LogP contribution in [0.1, 0.15) is 18.1 Å². The molecule has 0 saturated heterocycles. The molecule has 0 radical (unpaired) electrons. The van der Waals surface area contributed by atoms with Crippen molar-refractivity contribution >= 4 is 12.2 Å². The fourth-order valence-electron chi connectivity index (χ4n) is 1.12.